The second-order valence-corrected chi connectivity index (χ2v) is 6.89. The lowest BCUT2D eigenvalue weighted by Crippen LogP contribution is -2.37. The molecule has 2 saturated carbocycles. The topological polar surface area (TPSA) is 68.9 Å². The van der Waals surface area contributed by atoms with E-state index >= 15 is 0 Å². The van der Waals surface area contributed by atoms with Crippen molar-refractivity contribution in [3.63, 3.8) is 0 Å². The molecule has 2 fully saturated rings. The summed E-state index contributed by atoms with van der Waals surface area (Å²) in [6.07, 6.45) is 9.03. The fraction of sp³-hybridized carbons (Fsp3) is 0.632. The summed E-state index contributed by atoms with van der Waals surface area (Å²) in [5.41, 5.74) is 7.04. The zero-order chi connectivity index (χ0) is 16.8. The van der Waals surface area contributed by atoms with Crippen molar-refractivity contribution in [2.24, 2.45) is 16.6 Å². The highest BCUT2D eigenvalue weighted by Gasteiger charge is 2.19. The first-order chi connectivity index (χ1) is 11.7. The first-order valence-electron chi connectivity index (χ1n) is 9.12. The minimum absolute atomic E-state index is 0.312. The molecule has 0 heterocycles. The average molecular weight is 331 g/mol. The molecule has 0 aromatic heterocycles. The molecule has 0 bridgehead atoms. The van der Waals surface area contributed by atoms with E-state index in [-0.39, 0.29) is 0 Å². The number of hydrogen-bond donors (Lipinski definition) is 2. The van der Waals surface area contributed by atoms with Gasteiger partial charge in [-0.05, 0) is 62.1 Å². The maximum absolute atomic E-state index is 6.13. The molecule has 5 heteroatoms. The molecule has 2 aliphatic carbocycles. The third kappa shape index (κ3) is 4.56. The molecule has 0 aliphatic heterocycles. The van der Waals surface area contributed by atoms with E-state index in [0.717, 1.165) is 42.4 Å². The Bertz CT molecular complexity index is 564. The van der Waals surface area contributed by atoms with Crippen LogP contribution in [0.4, 0.5) is 0 Å². The summed E-state index contributed by atoms with van der Waals surface area (Å²) in [5, 5.41) is 3.22. The Labute approximate surface area is 144 Å². The summed E-state index contributed by atoms with van der Waals surface area (Å²) in [6, 6.07) is 6.00. The Morgan fingerprint density at radius 3 is 2.62 bits per heavy atom. The predicted molar refractivity (Wildman–Crippen MR) is 96.5 cm³/mol. The first-order valence-corrected chi connectivity index (χ1v) is 9.12. The van der Waals surface area contributed by atoms with Crippen molar-refractivity contribution in [2.75, 3.05) is 13.7 Å². The molecule has 132 valence electrons. The van der Waals surface area contributed by atoms with Crippen molar-refractivity contribution in [3.8, 4) is 11.5 Å². The maximum atomic E-state index is 6.13. The van der Waals surface area contributed by atoms with Crippen molar-refractivity contribution in [2.45, 2.75) is 57.6 Å². The number of ether oxygens (including phenoxy) is 2. The van der Waals surface area contributed by atoms with Gasteiger partial charge in [-0.2, -0.15) is 0 Å². The fourth-order valence-electron chi connectivity index (χ4n) is 3.28. The van der Waals surface area contributed by atoms with E-state index in [1.54, 1.807) is 7.11 Å². The van der Waals surface area contributed by atoms with Crippen LogP contribution in [-0.2, 0) is 6.54 Å². The second kappa shape index (κ2) is 8.27. The highest BCUT2D eigenvalue weighted by Crippen LogP contribution is 2.32. The van der Waals surface area contributed by atoms with E-state index in [4.69, 9.17) is 15.2 Å². The van der Waals surface area contributed by atoms with Gasteiger partial charge in [-0.3, -0.25) is 0 Å². The van der Waals surface area contributed by atoms with E-state index in [9.17, 15) is 0 Å². The number of rotatable bonds is 7. The molecule has 24 heavy (non-hydrogen) atoms. The third-order valence-corrected chi connectivity index (χ3v) is 5.05. The summed E-state index contributed by atoms with van der Waals surface area (Å²) < 4.78 is 11.5. The molecular weight excluding hydrogens is 302 g/mol. The van der Waals surface area contributed by atoms with E-state index in [0.29, 0.717) is 18.6 Å². The molecule has 0 amide bonds. The van der Waals surface area contributed by atoms with Gasteiger partial charge < -0.3 is 20.5 Å². The summed E-state index contributed by atoms with van der Waals surface area (Å²) in [5.74, 6) is 2.89. The fourth-order valence-corrected chi connectivity index (χ4v) is 3.28. The monoisotopic (exact) mass is 331 g/mol. The Morgan fingerprint density at radius 1 is 1.17 bits per heavy atom. The largest absolute Gasteiger partial charge is 0.493 e. The molecule has 0 radical (unpaired) electrons. The zero-order valence-electron chi connectivity index (χ0n) is 14.6. The van der Waals surface area contributed by atoms with Crippen LogP contribution in [0.5, 0.6) is 11.5 Å². The van der Waals surface area contributed by atoms with Crippen molar-refractivity contribution in [1.82, 2.24) is 5.32 Å². The summed E-state index contributed by atoms with van der Waals surface area (Å²) in [7, 11) is 1.68. The van der Waals surface area contributed by atoms with Crippen LogP contribution in [0, 0.1) is 5.92 Å². The first kappa shape index (κ1) is 16.9. The van der Waals surface area contributed by atoms with Crippen LogP contribution >= 0.6 is 0 Å². The van der Waals surface area contributed by atoms with Gasteiger partial charge >= 0.3 is 0 Å². The lowest BCUT2D eigenvalue weighted by molar-refractivity contribution is 0.200. The maximum Gasteiger partial charge on any atom is 0.188 e. The van der Waals surface area contributed by atoms with E-state index in [1.165, 1.54) is 32.1 Å². The molecule has 0 atom stereocenters. The Hall–Kier alpha value is -1.91. The van der Waals surface area contributed by atoms with Crippen LogP contribution in [0.25, 0.3) is 0 Å². The van der Waals surface area contributed by atoms with Gasteiger partial charge in [-0.15, -0.1) is 0 Å². The number of guanidine groups is 1. The van der Waals surface area contributed by atoms with E-state index in [2.05, 4.69) is 10.3 Å². The predicted octanol–water partition coefficient (Wildman–Crippen LogP) is 3.22. The molecule has 5 nitrogen and oxygen atoms in total. The van der Waals surface area contributed by atoms with Gasteiger partial charge in [0, 0.05) is 6.54 Å². The highest BCUT2D eigenvalue weighted by atomic mass is 16.5. The minimum atomic E-state index is 0.312. The van der Waals surface area contributed by atoms with Crippen molar-refractivity contribution in [1.29, 1.82) is 0 Å². The van der Waals surface area contributed by atoms with Gasteiger partial charge in [-0.25, -0.2) is 4.99 Å². The number of hydrogen-bond acceptors (Lipinski definition) is 3. The lowest BCUT2D eigenvalue weighted by atomic mass is 9.85. The SMILES string of the molecule is COc1ccc(CN=C(N)NCC2CCC2)cc1OC1CCCC1. The standard InChI is InChI=1S/C19H29N3O2/c1-23-17-10-9-15(11-18(17)24-16-7-2-3-8-16)13-22-19(20)21-12-14-5-4-6-14/h9-11,14,16H,2-8,12-13H2,1H3,(H3,20,21,22). The van der Waals surface area contributed by atoms with Crippen LogP contribution in [0.3, 0.4) is 0 Å². The van der Waals surface area contributed by atoms with Crippen LogP contribution < -0.4 is 20.5 Å². The molecule has 3 rings (SSSR count). The van der Waals surface area contributed by atoms with Crippen LogP contribution in [0.1, 0.15) is 50.5 Å². The summed E-state index contributed by atoms with van der Waals surface area (Å²) >= 11 is 0. The Balaban J connectivity index is 1.57. The van der Waals surface area contributed by atoms with Gasteiger partial charge in [0.05, 0.1) is 19.8 Å². The van der Waals surface area contributed by atoms with Crippen molar-refractivity contribution in [3.05, 3.63) is 23.8 Å². The van der Waals surface area contributed by atoms with Crippen LogP contribution in [0.2, 0.25) is 0 Å². The average Bonchev–Trinajstić information content (AvgIpc) is 3.04. The van der Waals surface area contributed by atoms with E-state index in [1.807, 2.05) is 18.2 Å². The number of nitrogens with zero attached hydrogens (tertiary/aromatic N) is 1. The molecule has 3 N–H and O–H groups in total. The number of nitrogens with two attached hydrogens (primary N) is 1. The normalized spacial score (nSPS) is 19.1. The van der Waals surface area contributed by atoms with Gasteiger partial charge in [0.1, 0.15) is 0 Å². The van der Waals surface area contributed by atoms with Crippen molar-refractivity contribution >= 4 is 5.96 Å². The molecule has 0 unspecified atom stereocenters. The van der Waals surface area contributed by atoms with Crippen LogP contribution in [0.15, 0.2) is 23.2 Å². The second-order valence-electron chi connectivity index (χ2n) is 6.89. The minimum Gasteiger partial charge on any atom is -0.493 e. The van der Waals surface area contributed by atoms with Crippen molar-refractivity contribution < 1.29 is 9.47 Å². The molecule has 0 saturated heterocycles. The number of methoxy groups -OCH3 is 1. The number of benzene rings is 1. The van der Waals surface area contributed by atoms with Gasteiger partial charge in [0.15, 0.2) is 17.5 Å². The quantitative estimate of drug-likeness (QED) is 0.594. The van der Waals surface area contributed by atoms with Crippen LogP contribution in [-0.4, -0.2) is 25.7 Å². The third-order valence-electron chi connectivity index (χ3n) is 5.05. The summed E-state index contributed by atoms with van der Waals surface area (Å²) in [4.78, 5) is 4.44. The van der Waals surface area contributed by atoms with Gasteiger partial charge in [0.25, 0.3) is 0 Å². The Kier molecular flexibility index (Phi) is 5.83. The Morgan fingerprint density at radius 2 is 1.96 bits per heavy atom. The smallest absolute Gasteiger partial charge is 0.188 e. The zero-order valence-corrected chi connectivity index (χ0v) is 14.6. The molecule has 1 aromatic rings. The molecule has 1 aromatic carbocycles. The lowest BCUT2D eigenvalue weighted by Gasteiger charge is -2.25. The molecule has 2 aliphatic rings. The highest BCUT2D eigenvalue weighted by molar-refractivity contribution is 5.77. The molecule has 0 spiro atoms. The van der Waals surface area contributed by atoms with Gasteiger partial charge in [-0.1, -0.05) is 12.5 Å². The number of nitrogens with one attached hydrogen (secondary N) is 1. The number of aliphatic imine (C=N–C) groups is 1. The summed E-state index contributed by atoms with van der Waals surface area (Å²) in [6.45, 7) is 1.49. The van der Waals surface area contributed by atoms with Gasteiger partial charge in [0.2, 0.25) is 0 Å². The molecular formula is C19H29N3O2. The van der Waals surface area contributed by atoms with E-state index < -0.39 is 0 Å².